The Kier molecular flexibility index (Phi) is 3.48. The summed E-state index contributed by atoms with van der Waals surface area (Å²) in [5, 5.41) is 4.03. The van der Waals surface area contributed by atoms with Crippen LogP contribution >= 0.6 is 0 Å². The van der Waals surface area contributed by atoms with Crippen molar-refractivity contribution in [2.75, 3.05) is 11.8 Å². The summed E-state index contributed by atoms with van der Waals surface area (Å²) in [7, 11) is -0.505. The molecule has 2 aromatic rings. The maximum atomic E-state index is 12.3. The summed E-state index contributed by atoms with van der Waals surface area (Å²) in [6.07, 6.45) is 1.47. The second-order valence-electron chi connectivity index (χ2n) is 4.06. The molecule has 102 valence electrons. The lowest BCUT2D eigenvalue weighted by molar-refractivity contribution is 0.417. The molecule has 6 nitrogen and oxygen atoms in total. The first-order valence-electron chi connectivity index (χ1n) is 5.60. The Hall–Kier alpha value is -2.02. The number of methoxy groups -OCH3 is 1. The summed E-state index contributed by atoms with van der Waals surface area (Å²) in [6, 6.07) is 6.83. The fourth-order valence-electron chi connectivity index (χ4n) is 1.77. The number of para-hydroxylation sites is 2. The van der Waals surface area contributed by atoms with Crippen molar-refractivity contribution in [3.63, 3.8) is 0 Å². The van der Waals surface area contributed by atoms with Gasteiger partial charge in [0.15, 0.2) is 0 Å². The molecular formula is C12H15N3O3S. The molecule has 0 saturated heterocycles. The van der Waals surface area contributed by atoms with Gasteiger partial charge in [0.2, 0.25) is 0 Å². The number of anilines is 1. The highest BCUT2D eigenvalue weighted by molar-refractivity contribution is 7.92. The molecule has 2 rings (SSSR count). The third-order valence-corrected chi connectivity index (χ3v) is 4.08. The number of nitrogens with one attached hydrogen (secondary N) is 1. The Balaban J connectivity index is 2.39. The predicted molar refractivity (Wildman–Crippen MR) is 71.7 cm³/mol. The molecular weight excluding hydrogens is 266 g/mol. The number of sulfonamides is 1. The molecule has 1 aromatic heterocycles. The van der Waals surface area contributed by atoms with E-state index in [0.29, 0.717) is 17.1 Å². The average molecular weight is 281 g/mol. The standard InChI is InChI=1S/C12H15N3O3S/c1-9-12(8-15(2)13-9)19(16,17)14-10-6-4-5-7-11(10)18-3/h4-8,14H,1-3H3. The van der Waals surface area contributed by atoms with Crippen LogP contribution in [0.5, 0.6) is 5.75 Å². The minimum absolute atomic E-state index is 0.154. The monoisotopic (exact) mass is 281 g/mol. The highest BCUT2D eigenvalue weighted by atomic mass is 32.2. The number of nitrogens with zero attached hydrogens (tertiary/aromatic N) is 2. The predicted octanol–water partition coefficient (Wildman–Crippen LogP) is 1.54. The minimum Gasteiger partial charge on any atom is -0.495 e. The van der Waals surface area contributed by atoms with Gasteiger partial charge in [-0.25, -0.2) is 8.42 Å². The van der Waals surface area contributed by atoms with Gasteiger partial charge >= 0.3 is 0 Å². The van der Waals surface area contributed by atoms with Crippen LogP contribution in [0, 0.1) is 6.92 Å². The Morgan fingerprint density at radius 3 is 2.58 bits per heavy atom. The van der Waals surface area contributed by atoms with Gasteiger partial charge in [0.05, 0.1) is 18.5 Å². The first-order chi connectivity index (χ1) is 8.94. The van der Waals surface area contributed by atoms with Gasteiger partial charge in [0, 0.05) is 13.2 Å². The van der Waals surface area contributed by atoms with E-state index in [4.69, 9.17) is 4.74 Å². The molecule has 1 heterocycles. The van der Waals surface area contributed by atoms with Crippen molar-refractivity contribution in [2.45, 2.75) is 11.8 Å². The molecule has 0 aliphatic rings. The maximum Gasteiger partial charge on any atom is 0.265 e. The first kappa shape index (κ1) is 13.4. The Bertz CT molecular complexity index is 692. The van der Waals surface area contributed by atoms with Gasteiger partial charge in [-0.3, -0.25) is 9.40 Å². The molecule has 0 spiro atoms. The average Bonchev–Trinajstić information content (AvgIpc) is 2.69. The number of aromatic nitrogens is 2. The van der Waals surface area contributed by atoms with E-state index in [0.717, 1.165) is 0 Å². The van der Waals surface area contributed by atoms with Gasteiger partial charge < -0.3 is 4.74 Å². The summed E-state index contributed by atoms with van der Waals surface area (Å²) < 4.78 is 33.6. The van der Waals surface area contributed by atoms with Crippen LogP contribution in [0.25, 0.3) is 0 Å². The zero-order valence-corrected chi connectivity index (χ0v) is 11.7. The van der Waals surface area contributed by atoms with Gasteiger partial charge in [0.1, 0.15) is 10.6 Å². The number of hydrogen-bond acceptors (Lipinski definition) is 4. The SMILES string of the molecule is COc1ccccc1NS(=O)(=O)c1cn(C)nc1C. The number of benzene rings is 1. The van der Waals surface area contributed by atoms with Crippen LogP contribution < -0.4 is 9.46 Å². The van der Waals surface area contributed by atoms with Crippen molar-refractivity contribution in [3.8, 4) is 5.75 Å². The normalized spacial score (nSPS) is 11.3. The second kappa shape index (κ2) is 4.93. The van der Waals surface area contributed by atoms with E-state index in [9.17, 15) is 8.42 Å². The number of aryl methyl sites for hydroxylation is 2. The van der Waals surface area contributed by atoms with Gasteiger partial charge in [-0.15, -0.1) is 0 Å². The molecule has 7 heteroatoms. The third-order valence-electron chi connectivity index (χ3n) is 2.61. The summed E-state index contributed by atoms with van der Waals surface area (Å²) >= 11 is 0. The first-order valence-corrected chi connectivity index (χ1v) is 7.08. The lowest BCUT2D eigenvalue weighted by Gasteiger charge is -2.10. The molecule has 0 aliphatic heterocycles. The van der Waals surface area contributed by atoms with Crippen molar-refractivity contribution in [2.24, 2.45) is 7.05 Å². The fourth-order valence-corrected chi connectivity index (χ4v) is 3.06. The molecule has 1 aromatic carbocycles. The van der Waals surface area contributed by atoms with Crippen molar-refractivity contribution >= 4 is 15.7 Å². The van der Waals surface area contributed by atoms with Gasteiger partial charge in [-0.05, 0) is 19.1 Å². The van der Waals surface area contributed by atoms with Crippen molar-refractivity contribution in [3.05, 3.63) is 36.2 Å². The van der Waals surface area contributed by atoms with Gasteiger partial charge in [-0.1, -0.05) is 12.1 Å². The van der Waals surface area contributed by atoms with E-state index >= 15 is 0 Å². The van der Waals surface area contributed by atoms with E-state index in [2.05, 4.69) is 9.82 Å². The Morgan fingerprint density at radius 1 is 1.32 bits per heavy atom. The third kappa shape index (κ3) is 2.70. The lowest BCUT2D eigenvalue weighted by atomic mass is 10.3. The second-order valence-corrected chi connectivity index (χ2v) is 5.71. The summed E-state index contributed by atoms with van der Waals surface area (Å²) in [5.41, 5.74) is 0.846. The van der Waals surface area contributed by atoms with Crippen LogP contribution in [0.1, 0.15) is 5.69 Å². The molecule has 0 amide bonds. The zero-order chi connectivity index (χ0) is 14.0. The van der Waals surface area contributed by atoms with E-state index in [-0.39, 0.29) is 4.90 Å². The van der Waals surface area contributed by atoms with E-state index in [1.54, 1.807) is 38.2 Å². The van der Waals surface area contributed by atoms with Crippen LogP contribution in [0.2, 0.25) is 0 Å². The van der Waals surface area contributed by atoms with Crippen LogP contribution in [0.3, 0.4) is 0 Å². The summed E-state index contributed by atoms with van der Waals surface area (Å²) in [4.78, 5) is 0.154. The van der Waals surface area contributed by atoms with Gasteiger partial charge in [0.25, 0.3) is 10.0 Å². The van der Waals surface area contributed by atoms with Crippen molar-refractivity contribution in [1.82, 2.24) is 9.78 Å². The van der Waals surface area contributed by atoms with Crippen molar-refractivity contribution < 1.29 is 13.2 Å². The molecule has 0 radical (unpaired) electrons. The molecule has 0 fully saturated rings. The fraction of sp³-hybridized carbons (Fsp3) is 0.250. The molecule has 19 heavy (non-hydrogen) atoms. The molecule has 0 aliphatic carbocycles. The lowest BCUT2D eigenvalue weighted by Crippen LogP contribution is -2.14. The van der Waals surface area contributed by atoms with Crippen molar-refractivity contribution in [1.29, 1.82) is 0 Å². The number of ether oxygens (including phenoxy) is 1. The number of rotatable bonds is 4. The van der Waals surface area contributed by atoms with Gasteiger partial charge in [-0.2, -0.15) is 5.10 Å². The molecule has 1 N–H and O–H groups in total. The maximum absolute atomic E-state index is 12.3. The highest BCUT2D eigenvalue weighted by Crippen LogP contribution is 2.26. The van der Waals surface area contributed by atoms with E-state index in [1.165, 1.54) is 18.0 Å². The minimum atomic E-state index is -3.67. The summed E-state index contributed by atoms with van der Waals surface area (Å²) in [5.74, 6) is 0.465. The molecule has 0 bridgehead atoms. The smallest absolute Gasteiger partial charge is 0.265 e. The molecule has 0 unspecified atom stereocenters. The number of hydrogen-bond donors (Lipinski definition) is 1. The topological polar surface area (TPSA) is 73.2 Å². The molecule has 0 saturated carbocycles. The van der Waals surface area contributed by atoms with E-state index in [1.807, 2.05) is 0 Å². The quantitative estimate of drug-likeness (QED) is 0.922. The van der Waals surface area contributed by atoms with Crippen LogP contribution in [-0.2, 0) is 17.1 Å². The highest BCUT2D eigenvalue weighted by Gasteiger charge is 2.21. The Labute approximate surface area is 112 Å². The van der Waals surface area contributed by atoms with E-state index < -0.39 is 10.0 Å². The molecule has 0 atom stereocenters. The van der Waals surface area contributed by atoms with Crippen LogP contribution in [0.15, 0.2) is 35.4 Å². The van der Waals surface area contributed by atoms with Crippen LogP contribution in [-0.4, -0.2) is 25.3 Å². The zero-order valence-electron chi connectivity index (χ0n) is 10.9. The largest absolute Gasteiger partial charge is 0.495 e. The summed E-state index contributed by atoms with van der Waals surface area (Å²) in [6.45, 7) is 1.65. The van der Waals surface area contributed by atoms with Crippen LogP contribution in [0.4, 0.5) is 5.69 Å². The Morgan fingerprint density at radius 2 is 2.00 bits per heavy atom.